The van der Waals surface area contributed by atoms with Crippen LogP contribution in [0.2, 0.25) is 0 Å². The van der Waals surface area contributed by atoms with E-state index in [-0.39, 0.29) is 30.1 Å². The third-order valence-electron chi connectivity index (χ3n) is 3.02. The van der Waals surface area contributed by atoms with Crippen molar-refractivity contribution in [3.8, 4) is 0 Å². The van der Waals surface area contributed by atoms with Crippen LogP contribution in [0.15, 0.2) is 0 Å². The van der Waals surface area contributed by atoms with Gasteiger partial charge in [0.1, 0.15) is 6.61 Å². The monoisotopic (exact) mass is 257 g/mol. The molecule has 104 valence electrons. The van der Waals surface area contributed by atoms with Crippen LogP contribution < -0.4 is 5.32 Å². The maximum absolute atomic E-state index is 11.7. The minimum atomic E-state index is -0.764. The zero-order valence-corrected chi connectivity index (χ0v) is 11.4. The van der Waals surface area contributed by atoms with Gasteiger partial charge in [-0.1, -0.05) is 6.42 Å². The second-order valence-electron chi connectivity index (χ2n) is 5.87. The minimum Gasteiger partial charge on any atom is -0.481 e. The molecule has 1 rings (SSSR count). The van der Waals surface area contributed by atoms with Gasteiger partial charge in [0.05, 0.1) is 11.5 Å². The molecular weight excluding hydrogens is 234 g/mol. The summed E-state index contributed by atoms with van der Waals surface area (Å²) in [5, 5.41) is 11.8. The first-order valence-corrected chi connectivity index (χ1v) is 6.44. The lowest BCUT2D eigenvalue weighted by Gasteiger charge is -2.28. The lowest BCUT2D eigenvalue weighted by molar-refractivity contribution is -0.143. The number of aliphatic carboxylic acids is 1. The number of hydrogen-bond acceptors (Lipinski definition) is 3. The van der Waals surface area contributed by atoms with Crippen LogP contribution in [0.5, 0.6) is 0 Å². The van der Waals surface area contributed by atoms with E-state index in [1.165, 1.54) is 0 Å². The molecule has 18 heavy (non-hydrogen) atoms. The van der Waals surface area contributed by atoms with E-state index in [1.54, 1.807) is 0 Å². The van der Waals surface area contributed by atoms with E-state index >= 15 is 0 Å². The molecule has 2 unspecified atom stereocenters. The van der Waals surface area contributed by atoms with E-state index in [9.17, 15) is 9.59 Å². The number of carboxylic acids is 1. The molecule has 0 saturated heterocycles. The Morgan fingerprint density at radius 2 is 2.00 bits per heavy atom. The first-order chi connectivity index (χ1) is 8.28. The largest absolute Gasteiger partial charge is 0.481 e. The van der Waals surface area contributed by atoms with Crippen molar-refractivity contribution in [1.82, 2.24) is 5.32 Å². The molecule has 1 saturated carbocycles. The third kappa shape index (κ3) is 5.49. The lowest BCUT2D eigenvalue weighted by atomic mass is 9.86. The zero-order chi connectivity index (χ0) is 13.8. The molecule has 1 fully saturated rings. The molecule has 0 aromatic rings. The van der Waals surface area contributed by atoms with Crippen molar-refractivity contribution in [2.24, 2.45) is 5.92 Å². The number of ether oxygens (including phenoxy) is 1. The van der Waals surface area contributed by atoms with Crippen LogP contribution in [-0.4, -0.2) is 35.2 Å². The molecule has 0 heterocycles. The van der Waals surface area contributed by atoms with Gasteiger partial charge in [-0.3, -0.25) is 9.59 Å². The van der Waals surface area contributed by atoms with Gasteiger partial charge < -0.3 is 15.2 Å². The molecule has 1 aliphatic rings. The van der Waals surface area contributed by atoms with Gasteiger partial charge in [-0.15, -0.1) is 0 Å². The fourth-order valence-corrected chi connectivity index (χ4v) is 2.10. The van der Waals surface area contributed by atoms with E-state index in [4.69, 9.17) is 9.84 Å². The Labute approximate surface area is 108 Å². The highest BCUT2D eigenvalue weighted by molar-refractivity contribution is 5.77. The molecule has 0 aromatic carbocycles. The van der Waals surface area contributed by atoms with Crippen LogP contribution in [0.25, 0.3) is 0 Å². The molecule has 1 amide bonds. The van der Waals surface area contributed by atoms with Crippen LogP contribution in [-0.2, 0) is 14.3 Å². The summed E-state index contributed by atoms with van der Waals surface area (Å²) in [5.41, 5.74) is -0.340. The molecule has 0 spiro atoms. The topological polar surface area (TPSA) is 75.6 Å². The fraction of sp³-hybridized carbons (Fsp3) is 0.846. The van der Waals surface area contributed by atoms with Crippen molar-refractivity contribution in [3.63, 3.8) is 0 Å². The highest BCUT2D eigenvalue weighted by atomic mass is 16.5. The predicted molar refractivity (Wildman–Crippen MR) is 67.2 cm³/mol. The van der Waals surface area contributed by atoms with Crippen LogP contribution in [0.1, 0.15) is 46.5 Å². The summed E-state index contributed by atoms with van der Waals surface area (Å²) in [6, 6.07) is -0.0316. The Kier molecular flexibility index (Phi) is 5.14. The standard InChI is InChI=1S/C13H23NO4/c1-13(2,3)18-8-11(15)14-10-6-4-5-9(7-10)12(16)17/h9-10H,4-8H2,1-3H3,(H,14,15)(H,16,17). The van der Waals surface area contributed by atoms with E-state index in [1.807, 2.05) is 20.8 Å². The molecule has 0 aliphatic heterocycles. The highest BCUT2D eigenvalue weighted by Crippen LogP contribution is 2.24. The molecule has 5 heteroatoms. The smallest absolute Gasteiger partial charge is 0.306 e. The second-order valence-corrected chi connectivity index (χ2v) is 5.87. The molecule has 1 aliphatic carbocycles. The van der Waals surface area contributed by atoms with E-state index < -0.39 is 5.97 Å². The summed E-state index contributed by atoms with van der Waals surface area (Å²) in [5.74, 6) is -1.26. The number of nitrogens with one attached hydrogen (secondary N) is 1. The molecule has 0 aromatic heterocycles. The van der Waals surface area contributed by atoms with Gasteiger partial charge in [0.2, 0.25) is 5.91 Å². The van der Waals surface area contributed by atoms with Gasteiger partial charge >= 0.3 is 5.97 Å². The maximum Gasteiger partial charge on any atom is 0.306 e. The Hall–Kier alpha value is -1.10. The van der Waals surface area contributed by atoms with Crippen molar-refractivity contribution >= 4 is 11.9 Å². The number of rotatable bonds is 4. The van der Waals surface area contributed by atoms with Crippen LogP contribution in [0, 0.1) is 5.92 Å². The lowest BCUT2D eigenvalue weighted by Crippen LogP contribution is -2.42. The molecule has 0 radical (unpaired) electrons. The fourth-order valence-electron chi connectivity index (χ4n) is 2.10. The summed E-state index contributed by atoms with van der Waals surface area (Å²) >= 11 is 0. The average molecular weight is 257 g/mol. The van der Waals surface area contributed by atoms with Crippen molar-refractivity contribution in [1.29, 1.82) is 0 Å². The van der Waals surface area contributed by atoms with Gasteiger partial charge in [0.15, 0.2) is 0 Å². The Bertz CT molecular complexity index is 309. The SMILES string of the molecule is CC(C)(C)OCC(=O)NC1CCCC(C(=O)O)C1. The van der Waals surface area contributed by atoms with Gasteiger partial charge in [-0.25, -0.2) is 0 Å². The molecule has 2 atom stereocenters. The number of carbonyl (C=O) groups is 2. The Balaban J connectivity index is 2.33. The molecule has 5 nitrogen and oxygen atoms in total. The minimum absolute atomic E-state index is 0.0255. The van der Waals surface area contributed by atoms with Gasteiger partial charge in [-0.05, 0) is 40.0 Å². The summed E-state index contributed by atoms with van der Waals surface area (Å²) in [7, 11) is 0. The average Bonchev–Trinajstić information content (AvgIpc) is 2.26. The molecule has 2 N–H and O–H groups in total. The summed E-state index contributed by atoms with van der Waals surface area (Å²) in [6.07, 6.45) is 2.93. The summed E-state index contributed by atoms with van der Waals surface area (Å²) in [6.45, 7) is 5.70. The Morgan fingerprint density at radius 3 is 2.56 bits per heavy atom. The van der Waals surface area contributed by atoms with E-state index in [0.29, 0.717) is 12.8 Å². The first kappa shape index (κ1) is 15.0. The predicted octanol–water partition coefficient (Wildman–Crippen LogP) is 1.56. The summed E-state index contributed by atoms with van der Waals surface area (Å²) in [4.78, 5) is 22.6. The van der Waals surface area contributed by atoms with Gasteiger partial charge in [0.25, 0.3) is 0 Å². The highest BCUT2D eigenvalue weighted by Gasteiger charge is 2.27. The number of carbonyl (C=O) groups excluding carboxylic acids is 1. The van der Waals surface area contributed by atoms with Crippen molar-refractivity contribution in [2.75, 3.05) is 6.61 Å². The quantitative estimate of drug-likeness (QED) is 0.801. The summed E-state index contributed by atoms with van der Waals surface area (Å²) < 4.78 is 5.38. The third-order valence-corrected chi connectivity index (χ3v) is 3.02. The van der Waals surface area contributed by atoms with Gasteiger partial charge in [-0.2, -0.15) is 0 Å². The van der Waals surface area contributed by atoms with E-state index in [0.717, 1.165) is 12.8 Å². The molecule has 0 bridgehead atoms. The Morgan fingerprint density at radius 1 is 1.33 bits per heavy atom. The van der Waals surface area contributed by atoms with E-state index in [2.05, 4.69) is 5.32 Å². The number of hydrogen-bond donors (Lipinski definition) is 2. The zero-order valence-electron chi connectivity index (χ0n) is 11.4. The van der Waals surface area contributed by atoms with Crippen molar-refractivity contribution in [2.45, 2.75) is 58.1 Å². The maximum atomic E-state index is 11.7. The van der Waals surface area contributed by atoms with Crippen molar-refractivity contribution in [3.05, 3.63) is 0 Å². The number of carboxylic acid groups (broad SMARTS) is 1. The van der Waals surface area contributed by atoms with Crippen molar-refractivity contribution < 1.29 is 19.4 Å². The van der Waals surface area contributed by atoms with Gasteiger partial charge in [0, 0.05) is 6.04 Å². The van der Waals surface area contributed by atoms with Crippen LogP contribution in [0.3, 0.4) is 0 Å². The normalized spacial score (nSPS) is 24.6. The number of amides is 1. The van der Waals surface area contributed by atoms with Crippen LogP contribution >= 0.6 is 0 Å². The molecular formula is C13H23NO4. The first-order valence-electron chi connectivity index (χ1n) is 6.44. The van der Waals surface area contributed by atoms with Crippen LogP contribution in [0.4, 0.5) is 0 Å². The second kappa shape index (κ2) is 6.18.